The average molecular weight is 1840 g/mol. The van der Waals surface area contributed by atoms with Crippen molar-refractivity contribution in [3.05, 3.63) is 170 Å². The van der Waals surface area contributed by atoms with E-state index in [0.29, 0.717) is 15.6 Å². The van der Waals surface area contributed by atoms with Gasteiger partial charge < -0.3 is 153 Å². The normalized spacial score (nSPS) is 29.5. The van der Waals surface area contributed by atoms with Gasteiger partial charge in [-0.2, -0.15) is 0 Å². The lowest BCUT2D eigenvalue weighted by Gasteiger charge is -2.46. The summed E-state index contributed by atoms with van der Waals surface area (Å²) in [6, 6.07) is 9.71. The van der Waals surface area contributed by atoms with Gasteiger partial charge in [0.2, 0.25) is 53.4 Å². The zero-order chi connectivity index (χ0) is 91.6. The SMILES string of the molecule is CN[C@H](CC(C)C)C(=O)NC1C(=O)N[C@@H](CC(N)=O)C(=O)N[C@H]2C(=O)N[C@H]3C(=O)N[C@H](C(=O)N[C@@H](C(=O)O)c4cc(O)cc(O)c4-c4cc3ccc4O)[C@H](O[C@H]3C[C@](C)(N)[C@@H](O)[C@H](C)O3)c3ccc(c(Cl)c3)Oc3cc2cc(c3O[C@@H]2O[C@H](CO)[C@@H](O[C@@H]3O[C@H](CNCc4ccc(Sc5ccc(Cl)cc5)nc4)[C@H](O)[C@H](O)[C@H]3O)[C@H](O)[C@H]2O)Oc2ccc(cc2Cl)[C@H]1O. The molecule has 24 N–H and O–H groups in total. The number of primary amides is 1. The molecule has 3 saturated heterocycles. The second kappa shape index (κ2) is 39.7. The van der Waals surface area contributed by atoms with Gasteiger partial charge in [0.15, 0.2) is 30.1 Å². The molecular weight excluding hydrogens is 1750 g/mol. The first-order chi connectivity index (χ1) is 60.3. The predicted octanol–water partition coefficient (Wildman–Crippen LogP) is 1.93. The number of aliphatic hydroxyl groups excluding tert-OH is 8. The number of aromatic hydroxyl groups is 3. The van der Waals surface area contributed by atoms with Gasteiger partial charge in [0.1, 0.15) is 125 Å². The van der Waals surface area contributed by atoms with Gasteiger partial charge in [0.05, 0.1) is 41.3 Å². The van der Waals surface area contributed by atoms with Crippen LogP contribution in [0.15, 0.2) is 131 Å². The quantitative estimate of drug-likeness (QED) is 0.0489. The number of amides is 7. The van der Waals surface area contributed by atoms with Crippen LogP contribution in [0, 0.1) is 5.92 Å². The van der Waals surface area contributed by atoms with Crippen LogP contribution in [-0.4, -0.2) is 243 Å². The smallest absolute Gasteiger partial charge is 0.330 e. The summed E-state index contributed by atoms with van der Waals surface area (Å²) in [6.45, 7) is 5.37. The Morgan fingerprint density at radius 1 is 0.669 bits per heavy atom. The fraction of sp³-hybridized carbons (Fsp3) is 0.417. The number of carbonyl (C=O) groups excluding carboxylic acids is 7. The number of hydrogen-bond acceptors (Lipinski definition) is 32. The zero-order valence-corrected chi connectivity index (χ0v) is 71.2. The molecule has 680 valence electrons. The van der Waals surface area contributed by atoms with Gasteiger partial charge in [0, 0.05) is 63.9 Å². The van der Waals surface area contributed by atoms with Crippen molar-refractivity contribution in [3.8, 4) is 57.1 Å². The molecule has 1 aromatic heterocycles. The number of rotatable bonds is 21. The molecule has 9 heterocycles. The number of carbonyl (C=O) groups is 8. The molecule has 43 heteroatoms. The Kier molecular flexibility index (Phi) is 29.4. The van der Waals surface area contributed by atoms with E-state index in [1.54, 1.807) is 44.3 Å². The molecule has 11 bridgehead atoms. The number of nitrogens with zero attached hydrogens (tertiary/aromatic N) is 1. The lowest BCUT2D eigenvalue weighted by Crippen LogP contribution is -2.65. The van der Waals surface area contributed by atoms with E-state index < -0.39 is 284 Å². The molecule has 1 unspecified atom stereocenters. The minimum atomic E-state index is -2.43. The van der Waals surface area contributed by atoms with Crippen LogP contribution in [0.4, 0.5) is 0 Å². The van der Waals surface area contributed by atoms with Crippen LogP contribution < -0.4 is 68.2 Å². The number of phenolic OH excluding ortho intramolecular Hbond substituents is 3. The Balaban J connectivity index is 0.953. The fourth-order valence-electron chi connectivity index (χ4n) is 15.6. The number of carboxylic acids is 1. The van der Waals surface area contributed by atoms with Crippen molar-refractivity contribution < 1.29 is 138 Å². The zero-order valence-electron chi connectivity index (χ0n) is 68.1. The number of fused-ring (bicyclic) bond motifs is 15. The van der Waals surface area contributed by atoms with Crippen LogP contribution in [0.1, 0.15) is 111 Å². The minimum Gasteiger partial charge on any atom is -0.508 e. The van der Waals surface area contributed by atoms with Gasteiger partial charge in [-0.15, -0.1) is 0 Å². The first-order valence-electron chi connectivity index (χ1n) is 40.0. The summed E-state index contributed by atoms with van der Waals surface area (Å²) < 4.78 is 51.2. The lowest BCUT2D eigenvalue weighted by molar-refractivity contribution is -0.350. The van der Waals surface area contributed by atoms with Crippen LogP contribution in [0.5, 0.6) is 46.0 Å². The molecule has 0 spiro atoms. The van der Waals surface area contributed by atoms with Crippen molar-refractivity contribution >= 4 is 93.9 Å². The van der Waals surface area contributed by atoms with Gasteiger partial charge >= 0.3 is 5.97 Å². The van der Waals surface area contributed by atoms with Gasteiger partial charge in [-0.05, 0) is 146 Å². The van der Waals surface area contributed by atoms with E-state index in [0.717, 1.165) is 71.6 Å². The molecule has 3 fully saturated rings. The van der Waals surface area contributed by atoms with E-state index >= 15 is 24.0 Å². The van der Waals surface area contributed by atoms with E-state index in [4.69, 9.17) is 84.2 Å². The summed E-state index contributed by atoms with van der Waals surface area (Å²) in [5, 5.41) is 161. The summed E-state index contributed by atoms with van der Waals surface area (Å²) in [6.07, 6.45) is -27.6. The Bertz CT molecular complexity index is 5280. The molecule has 7 aromatic rings. The topological polar surface area (TPSA) is 614 Å². The highest BCUT2D eigenvalue weighted by Gasteiger charge is 2.53. The second-order valence-corrected chi connectivity index (χ2v) is 34.4. The molecule has 39 nitrogen and oxygen atoms in total. The number of pyridine rings is 1. The van der Waals surface area contributed by atoms with Crippen molar-refractivity contribution in [3.63, 3.8) is 0 Å². The van der Waals surface area contributed by atoms with Crippen LogP contribution >= 0.6 is 46.6 Å². The third kappa shape index (κ3) is 21.2. The highest BCUT2D eigenvalue weighted by Crippen LogP contribution is 2.51. The number of benzene rings is 6. The molecule has 15 rings (SSSR count). The fourth-order valence-corrected chi connectivity index (χ4v) is 16.9. The third-order valence-corrected chi connectivity index (χ3v) is 24.0. The third-order valence-electron chi connectivity index (χ3n) is 22.2. The molecule has 23 atom stereocenters. The molecule has 8 aliphatic rings. The molecule has 0 radical (unpaired) electrons. The number of phenols is 3. The second-order valence-electron chi connectivity index (χ2n) is 32.0. The van der Waals surface area contributed by atoms with Crippen molar-refractivity contribution in [1.29, 1.82) is 0 Å². The number of nitrogens with two attached hydrogens (primary N) is 2. The Hall–Kier alpha value is -10.4. The van der Waals surface area contributed by atoms with E-state index in [1.165, 1.54) is 44.8 Å². The summed E-state index contributed by atoms with van der Waals surface area (Å²) in [7, 11) is 1.46. The van der Waals surface area contributed by atoms with Crippen LogP contribution in [-0.2, 0) is 68.6 Å². The van der Waals surface area contributed by atoms with E-state index in [-0.39, 0.29) is 43.0 Å². The standard InChI is InChI=1S/C84H94Cl3N11O28S/c1-32(2)18-46(90-5)75(111)97-63-65(104)36-8-15-50(44(86)20-36)120-52-22-38-23-53(72(52)125-83-70(109)68(107)73(55(31-99)123-83)126-82-69(108)67(106)66(105)54(122-82)30-91-28-34-6-17-57(92-29-34)127-41-12-10-39(85)11-13-41)121-51-16-9-37(21-45(51)87)71(124-58-27-84(4,89)74(110)33(3)119-58)64-80(116)96-62(81(117)118)43-24-40(100)25-49(102)59(43)42-19-35(7-14-48(42)101)60(77(113)98-64)95-78(114)61(38)94-76(112)47(26-56(88)103)93-79(63)115/h6-17,19-25,29,32-33,46-47,54-55,58,60-71,73-74,82-83,90-91,99-102,104-110H,18,26-28,30-31,89H2,1-5H3,(H2,88,103)(H,93,115)(H,94,112)(H,95,114)(H,96,116)(H,97,111)(H,98,113)(H,117,118)/t33-,46+,47-,54+,55+,58-,60+,61+,62+,63?,64-,65+,66-,67-,68+,69+,70+,71+,73+,74-,82-,83-,84-/m0/s1. The molecule has 6 aromatic carbocycles. The summed E-state index contributed by atoms with van der Waals surface area (Å²) in [5.74, 6) is -16.7. The van der Waals surface area contributed by atoms with Crippen molar-refractivity contribution in [2.24, 2.45) is 17.4 Å². The average Bonchev–Trinajstić information content (AvgIpc) is 0.761. The largest absolute Gasteiger partial charge is 0.508 e. The van der Waals surface area contributed by atoms with Crippen LogP contribution in [0.25, 0.3) is 11.1 Å². The van der Waals surface area contributed by atoms with Gasteiger partial charge in [-0.1, -0.05) is 84.7 Å². The maximum absolute atomic E-state index is 16.4. The molecule has 0 saturated carbocycles. The number of halogens is 3. The number of nitrogens with one attached hydrogen (secondary N) is 8. The van der Waals surface area contributed by atoms with Crippen molar-refractivity contribution in [1.82, 2.24) is 47.5 Å². The number of likely N-dealkylation sites (N-methyl/N-ethyl adjacent to an activating group) is 1. The van der Waals surface area contributed by atoms with Crippen LogP contribution in [0.3, 0.4) is 0 Å². The maximum atomic E-state index is 16.4. The highest BCUT2D eigenvalue weighted by atomic mass is 35.5. The van der Waals surface area contributed by atoms with E-state index in [9.17, 15) is 75.7 Å². The molecule has 127 heavy (non-hydrogen) atoms. The number of carboxylic acid groups (broad SMARTS) is 1. The Morgan fingerprint density at radius 2 is 1.31 bits per heavy atom. The minimum absolute atomic E-state index is 0.131. The van der Waals surface area contributed by atoms with Gasteiger partial charge in [0.25, 0.3) is 0 Å². The summed E-state index contributed by atoms with van der Waals surface area (Å²) in [5.41, 5.74) is 8.68. The Labute approximate surface area is 742 Å². The maximum Gasteiger partial charge on any atom is 0.330 e. The Morgan fingerprint density at radius 3 is 1.94 bits per heavy atom. The monoisotopic (exact) mass is 1840 g/mol. The molecule has 8 aliphatic heterocycles. The molecule has 0 aliphatic carbocycles. The number of aliphatic hydroxyl groups is 8. The summed E-state index contributed by atoms with van der Waals surface area (Å²) >= 11 is 22.0. The van der Waals surface area contributed by atoms with Gasteiger partial charge in [-0.3, -0.25) is 33.6 Å². The van der Waals surface area contributed by atoms with E-state index in [1.807, 2.05) is 12.1 Å². The molecule has 7 amide bonds. The molecular formula is C84H94Cl3N11O28S. The van der Waals surface area contributed by atoms with Gasteiger partial charge in [-0.25, -0.2) is 9.78 Å². The summed E-state index contributed by atoms with van der Waals surface area (Å²) in [4.78, 5) is 126. The van der Waals surface area contributed by atoms with Crippen LogP contribution in [0.2, 0.25) is 15.1 Å². The lowest BCUT2D eigenvalue weighted by atomic mass is 9.86. The number of aliphatic carboxylic acids is 1. The number of hydrogen-bond donors (Lipinski definition) is 22. The highest BCUT2D eigenvalue weighted by molar-refractivity contribution is 7.99. The first kappa shape index (κ1) is 94.2. The number of ether oxygens (including phenoxy) is 8. The number of aromatic nitrogens is 1. The van der Waals surface area contributed by atoms with E-state index in [2.05, 4.69) is 47.5 Å². The van der Waals surface area contributed by atoms with Crippen molar-refractivity contribution in [2.75, 3.05) is 20.2 Å². The predicted molar refractivity (Wildman–Crippen MR) is 446 cm³/mol. The first-order valence-corrected chi connectivity index (χ1v) is 41.9. The van der Waals surface area contributed by atoms with Crippen molar-refractivity contribution in [2.45, 2.75) is 203 Å².